The summed E-state index contributed by atoms with van der Waals surface area (Å²) in [6.45, 7) is 4.58. The number of nitrogens with one attached hydrogen (secondary N) is 1. The third kappa shape index (κ3) is 4.55. The lowest BCUT2D eigenvalue weighted by molar-refractivity contribution is 0.0929. The maximum absolute atomic E-state index is 13.0. The number of amides is 1. The summed E-state index contributed by atoms with van der Waals surface area (Å²) in [5.41, 5.74) is 1.77. The molecule has 7 heteroatoms. The van der Waals surface area contributed by atoms with Gasteiger partial charge in [-0.3, -0.25) is 4.79 Å². The second-order valence-corrected chi connectivity index (χ2v) is 6.05. The van der Waals surface area contributed by atoms with Crippen LogP contribution in [0.3, 0.4) is 0 Å². The molecule has 1 N–H and O–H groups in total. The minimum atomic E-state index is -0.299. The Morgan fingerprint density at radius 2 is 2.08 bits per heavy atom. The Labute approximate surface area is 145 Å². The molecule has 0 fully saturated rings. The zero-order valence-electron chi connectivity index (χ0n) is 14.0. The number of hydrogen-bond acceptors (Lipinski definition) is 3. The molecule has 0 spiro atoms. The first-order valence-corrected chi connectivity index (χ1v) is 8.07. The van der Waals surface area contributed by atoms with E-state index in [0.29, 0.717) is 30.8 Å². The first-order valence-electron chi connectivity index (χ1n) is 7.69. The lowest BCUT2D eigenvalue weighted by Crippen LogP contribution is -2.33. The van der Waals surface area contributed by atoms with E-state index in [1.54, 1.807) is 30.8 Å². The van der Waals surface area contributed by atoms with Crippen molar-refractivity contribution in [3.8, 4) is 0 Å². The smallest absolute Gasteiger partial charge is 0.256 e. The number of aromatic nitrogens is 2. The van der Waals surface area contributed by atoms with Gasteiger partial charge in [0.2, 0.25) is 0 Å². The van der Waals surface area contributed by atoms with Crippen molar-refractivity contribution in [2.45, 2.75) is 32.9 Å². The van der Waals surface area contributed by atoms with Crippen molar-refractivity contribution in [1.29, 1.82) is 0 Å². The second-order valence-electron chi connectivity index (χ2n) is 5.69. The summed E-state index contributed by atoms with van der Waals surface area (Å²) in [6.07, 6.45) is 0.711. The van der Waals surface area contributed by atoms with Gasteiger partial charge in [0.25, 0.3) is 5.91 Å². The van der Waals surface area contributed by atoms with Gasteiger partial charge >= 0.3 is 0 Å². The van der Waals surface area contributed by atoms with Gasteiger partial charge in [0.05, 0.1) is 17.8 Å². The minimum absolute atomic E-state index is 0.0339. The van der Waals surface area contributed by atoms with Crippen LogP contribution >= 0.6 is 11.6 Å². The molecule has 1 unspecified atom stereocenters. The van der Waals surface area contributed by atoms with E-state index in [9.17, 15) is 9.18 Å². The molecular weight excluding hydrogens is 333 g/mol. The standard InChI is InChI=1S/C17H21ClFN3O2/c1-11(8-9-24-3)20-17(23)15-12(2)21-22(16(15)18)10-13-4-6-14(19)7-5-13/h4-7,11H,8-10H2,1-3H3,(H,20,23). The fraction of sp³-hybridized carbons (Fsp3) is 0.412. The number of carbonyl (C=O) groups is 1. The molecule has 0 aliphatic rings. The first kappa shape index (κ1) is 18.4. The van der Waals surface area contributed by atoms with Crippen LogP contribution in [0.2, 0.25) is 5.15 Å². The average molecular weight is 354 g/mol. The van der Waals surface area contributed by atoms with Crippen molar-refractivity contribution in [3.05, 3.63) is 52.1 Å². The van der Waals surface area contributed by atoms with Crippen LogP contribution in [0.4, 0.5) is 4.39 Å². The maximum Gasteiger partial charge on any atom is 0.256 e. The minimum Gasteiger partial charge on any atom is -0.385 e. The molecule has 0 saturated carbocycles. The van der Waals surface area contributed by atoms with Gasteiger partial charge in [0.1, 0.15) is 11.0 Å². The Morgan fingerprint density at radius 3 is 2.71 bits per heavy atom. The molecule has 2 rings (SSSR count). The molecule has 1 aromatic carbocycles. The molecule has 1 atom stereocenters. The SMILES string of the molecule is COCCC(C)NC(=O)c1c(C)nn(Cc2ccc(F)cc2)c1Cl. The number of ether oxygens (including phenoxy) is 1. The van der Waals surface area contributed by atoms with Crippen molar-refractivity contribution in [1.82, 2.24) is 15.1 Å². The predicted molar refractivity (Wildman–Crippen MR) is 90.9 cm³/mol. The quantitative estimate of drug-likeness (QED) is 0.831. The molecule has 2 aromatic rings. The molecule has 24 heavy (non-hydrogen) atoms. The van der Waals surface area contributed by atoms with Gasteiger partial charge in [-0.05, 0) is 38.0 Å². The summed E-state index contributed by atoms with van der Waals surface area (Å²) in [7, 11) is 1.62. The number of methoxy groups -OCH3 is 1. The van der Waals surface area contributed by atoms with Crippen LogP contribution in [0.5, 0.6) is 0 Å². The third-order valence-corrected chi connectivity index (χ3v) is 4.05. The molecule has 0 bridgehead atoms. The van der Waals surface area contributed by atoms with Crippen LogP contribution in [0.25, 0.3) is 0 Å². The van der Waals surface area contributed by atoms with Crippen LogP contribution in [-0.2, 0) is 11.3 Å². The molecule has 1 heterocycles. The van der Waals surface area contributed by atoms with Crippen LogP contribution in [0, 0.1) is 12.7 Å². The molecule has 1 aromatic heterocycles. The summed E-state index contributed by atoms with van der Waals surface area (Å²) in [5, 5.41) is 7.49. The second kappa shape index (κ2) is 8.26. The molecular formula is C17H21ClFN3O2. The Balaban J connectivity index is 2.13. The van der Waals surface area contributed by atoms with Gasteiger partial charge in [-0.2, -0.15) is 5.10 Å². The normalized spacial score (nSPS) is 12.2. The van der Waals surface area contributed by atoms with Crippen molar-refractivity contribution in [2.75, 3.05) is 13.7 Å². The van der Waals surface area contributed by atoms with E-state index in [0.717, 1.165) is 5.56 Å². The van der Waals surface area contributed by atoms with E-state index < -0.39 is 0 Å². The Morgan fingerprint density at radius 1 is 1.42 bits per heavy atom. The maximum atomic E-state index is 13.0. The predicted octanol–water partition coefficient (Wildman–Crippen LogP) is 3.19. The third-order valence-electron chi connectivity index (χ3n) is 3.67. The zero-order valence-corrected chi connectivity index (χ0v) is 14.7. The molecule has 1 amide bonds. The van der Waals surface area contributed by atoms with Crippen LogP contribution in [0.15, 0.2) is 24.3 Å². The summed E-state index contributed by atoms with van der Waals surface area (Å²) in [4.78, 5) is 12.4. The molecule has 0 radical (unpaired) electrons. The number of nitrogens with zero attached hydrogens (tertiary/aromatic N) is 2. The summed E-state index contributed by atoms with van der Waals surface area (Å²) < 4.78 is 19.5. The van der Waals surface area contributed by atoms with E-state index in [1.807, 2.05) is 6.92 Å². The highest BCUT2D eigenvalue weighted by Crippen LogP contribution is 2.21. The Bertz CT molecular complexity index is 701. The average Bonchev–Trinajstić information content (AvgIpc) is 2.81. The van der Waals surface area contributed by atoms with Gasteiger partial charge < -0.3 is 10.1 Å². The number of halogens is 2. The van der Waals surface area contributed by atoms with E-state index in [-0.39, 0.29) is 22.9 Å². The molecule has 5 nitrogen and oxygen atoms in total. The monoisotopic (exact) mass is 353 g/mol. The highest BCUT2D eigenvalue weighted by molar-refractivity contribution is 6.33. The molecule has 130 valence electrons. The van der Waals surface area contributed by atoms with Gasteiger partial charge in [-0.25, -0.2) is 9.07 Å². The Hall–Kier alpha value is -1.92. The lowest BCUT2D eigenvalue weighted by atomic mass is 10.2. The fourth-order valence-electron chi connectivity index (χ4n) is 2.34. The van der Waals surface area contributed by atoms with Crippen molar-refractivity contribution < 1.29 is 13.9 Å². The molecule has 0 aliphatic carbocycles. The van der Waals surface area contributed by atoms with Crippen LogP contribution < -0.4 is 5.32 Å². The number of carbonyl (C=O) groups excluding carboxylic acids is 1. The Kier molecular flexibility index (Phi) is 6.34. The van der Waals surface area contributed by atoms with Gasteiger partial charge in [-0.15, -0.1) is 0 Å². The molecule has 0 aliphatic heterocycles. The summed E-state index contributed by atoms with van der Waals surface area (Å²) in [6, 6.07) is 6.05. The van der Waals surface area contributed by atoms with Crippen molar-refractivity contribution in [3.63, 3.8) is 0 Å². The number of benzene rings is 1. The van der Waals surface area contributed by atoms with Gasteiger partial charge in [0, 0.05) is 19.8 Å². The van der Waals surface area contributed by atoms with Crippen LogP contribution in [-0.4, -0.2) is 35.4 Å². The lowest BCUT2D eigenvalue weighted by Gasteiger charge is -2.13. The van der Waals surface area contributed by atoms with E-state index >= 15 is 0 Å². The zero-order chi connectivity index (χ0) is 17.7. The number of rotatable bonds is 7. The van der Waals surface area contributed by atoms with Crippen LogP contribution in [0.1, 0.15) is 35.0 Å². The largest absolute Gasteiger partial charge is 0.385 e. The molecule has 0 saturated heterocycles. The highest BCUT2D eigenvalue weighted by atomic mass is 35.5. The van der Waals surface area contributed by atoms with E-state index in [2.05, 4.69) is 10.4 Å². The van der Waals surface area contributed by atoms with E-state index in [1.165, 1.54) is 12.1 Å². The van der Waals surface area contributed by atoms with Gasteiger partial charge in [-0.1, -0.05) is 23.7 Å². The van der Waals surface area contributed by atoms with Gasteiger partial charge in [0.15, 0.2) is 0 Å². The summed E-state index contributed by atoms with van der Waals surface area (Å²) >= 11 is 6.33. The topological polar surface area (TPSA) is 56.1 Å². The first-order chi connectivity index (χ1) is 11.4. The summed E-state index contributed by atoms with van der Waals surface area (Å²) in [5.74, 6) is -0.557. The highest BCUT2D eigenvalue weighted by Gasteiger charge is 2.21. The number of hydrogen-bond donors (Lipinski definition) is 1. The van der Waals surface area contributed by atoms with Crippen molar-refractivity contribution >= 4 is 17.5 Å². The fourth-order valence-corrected chi connectivity index (χ4v) is 2.66. The number of aryl methyl sites for hydroxylation is 1. The van der Waals surface area contributed by atoms with Crippen molar-refractivity contribution in [2.24, 2.45) is 0 Å². The van der Waals surface area contributed by atoms with E-state index in [4.69, 9.17) is 16.3 Å².